The lowest BCUT2D eigenvalue weighted by molar-refractivity contribution is -0.131. The number of halogens is 1. The molecule has 3 rings (SSSR count). The molecule has 3 nitrogen and oxygen atoms in total. The highest BCUT2D eigenvalue weighted by atomic mass is 19.1. The minimum absolute atomic E-state index is 0.00357. The second-order valence-corrected chi connectivity index (χ2v) is 6.87. The van der Waals surface area contributed by atoms with Crippen molar-refractivity contribution in [2.75, 3.05) is 13.1 Å². The Morgan fingerprint density at radius 2 is 1.69 bits per heavy atom. The number of carbonyl (C=O) groups is 2. The number of rotatable bonds is 5. The highest BCUT2D eigenvalue weighted by Crippen LogP contribution is 2.27. The second-order valence-electron chi connectivity index (χ2n) is 6.87. The van der Waals surface area contributed by atoms with Gasteiger partial charge in [0.15, 0.2) is 5.78 Å². The molecular weight excluding hydrogens is 329 g/mol. The van der Waals surface area contributed by atoms with E-state index in [-0.39, 0.29) is 36.3 Å². The molecule has 0 aliphatic carbocycles. The Hall–Kier alpha value is -2.49. The summed E-state index contributed by atoms with van der Waals surface area (Å²) in [7, 11) is 0. The first-order valence-electron chi connectivity index (χ1n) is 9.25. The normalized spacial score (nSPS) is 17.6. The van der Waals surface area contributed by atoms with Gasteiger partial charge in [-0.1, -0.05) is 48.9 Å². The Kier molecular flexibility index (Phi) is 6.16. The largest absolute Gasteiger partial charge is 0.342 e. The molecule has 136 valence electrons. The summed E-state index contributed by atoms with van der Waals surface area (Å²) < 4.78 is 13.2. The van der Waals surface area contributed by atoms with E-state index in [0.717, 1.165) is 31.4 Å². The van der Waals surface area contributed by atoms with Crippen LogP contribution in [0.5, 0.6) is 0 Å². The number of likely N-dealkylation sites (tertiary alicyclic amines) is 1. The van der Waals surface area contributed by atoms with Crippen LogP contribution in [0.2, 0.25) is 0 Å². The van der Waals surface area contributed by atoms with E-state index in [1.807, 2.05) is 35.2 Å². The monoisotopic (exact) mass is 353 g/mol. The standard InChI is InChI=1S/C22H24FNO2/c23-20-11-9-17(10-12-20)19-8-4-5-15-24(16-19)22(26)14-13-21(25)18-6-2-1-3-7-18/h1-3,6-7,9-12,19H,4-5,8,13-16H2. The molecule has 0 aromatic heterocycles. The molecule has 1 aliphatic heterocycles. The van der Waals surface area contributed by atoms with E-state index < -0.39 is 0 Å². The molecule has 0 N–H and O–H groups in total. The zero-order valence-corrected chi connectivity index (χ0v) is 14.9. The molecule has 0 radical (unpaired) electrons. The van der Waals surface area contributed by atoms with Crippen LogP contribution in [0.15, 0.2) is 54.6 Å². The van der Waals surface area contributed by atoms with Crippen molar-refractivity contribution in [1.82, 2.24) is 4.90 Å². The van der Waals surface area contributed by atoms with E-state index in [0.29, 0.717) is 12.1 Å². The number of carbonyl (C=O) groups excluding carboxylic acids is 2. The van der Waals surface area contributed by atoms with Gasteiger partial charge in [-0.2, -0.15) is 0 Å². The maximum Gasteiger partial charge on any atom is 0.223 e. The van der Waals surface area contributed by atoms with Crippen molar-refractivity contribution in [1.29, 1.82) is 0 Å². The molecule has 1 aliphatic rings. The molecule has 26 heavy (non-hydrogen) atoms. The minimum Gasteiger partial charge on any atom is -0.342 e. The fourth-order valence-corrected chi connectivity index (χ4v) is 3.52. The van der Waals surface area contributed by atoms with Crippen LogP contribution in [0.4, 0.5) is 4.39 Å². The van der Waals surface area contributed by atoms with Crippen molar-refractivity contribution in [2.24, 2.45) is 0 Å². The first-order chi connectivity index (χ1) is 12.6. The average molecular weight is 353 g/mol. The van der Waals surface area contributed by atoms with E-state index >= 15 is 0 Å². The third-order valence-corrected chi connectivity index (χ3v) is 5.03. The molecule has 0 bridgehead atoms. The lowest BCUT2D eigenvalue weighted by atomic mass is 9.94. The molecule has 0 spiro atoms. The molecule has 1 unspecified atom stereocenters. The zero-order valence-electron chi connectivity index (χ0n) is 14.9. The number of Topliss-reactive ketones (excluding diaryl/α,β-unsaturated/α-hetero) is 1. The van der Waals surface area contributed by atoms with Gasteiger partial charge in [0.2, 0.25) is 5.91 Å². The van der Waals surface area contributed by atoms with Crippen LogP contribution in [0.3, 0.4) is 0 Å². The van der Waals surface area contributed by atoms with Crippen molar-refractivity contribution in [3.8, 4) is 0 Å². The summed E-state index contributed by atoms with van der Waals surface area (Å²) in [5.74, 6) is 0.0220. The van der Waals surface area contributed by atoms with Gasteiger partial charge in [0, 0.05) is 37.4 Å². The predicted octanol–water partition coefficient (Wildman–Crippen LogP) is 4.58. The minimum atomic E-state index is -0.241. The van der Waals surface area contributed by atoms with Crippen LogP contribution < -0.4 is 0 Å². The Bertz CT molecular complexity index is 742. The quantitative estimate of drug-likeness (QED) is 0.738. The summed E-state index contributed by atoms with van der Waals surface area (Å²) in [4.78, 5) is 26.7. The van der Waals surface area contributed by atoms with Crippen molar-refractivity contribution < 1.29 is 14.0 Å². The van der Waals surface area contributed by atoms with Gasteiger partial charge in [-0.15, -0.1) is 0 Å². The van der Waals surface area contributed by atoms with Crippen LogP contribution in [-0.4, -0.2) is 29.7 Å². The Balaban J connectivity index is 1.59. The maximum absolute atomic E-state index is 13.2. The van der Waals surface area contributed by atoms with Crippen molar-refractivity contribution in [3.63, 3.8) is 0 Å². The molecule has 1 atom stereocenters. The first kappa shape index (κ1) is 18.3. The number of hydrogen-bond donors (Lipinski definition) is 0. The Labute approximate surface area is 153 Å². The summed E-state index contributed by atoms with van der Waals surface area (Å²) in [6, 6.07) is 15.7. The van der Waals surface area contributed by atoms with E-state index in [9.17, 15) is 14.0 Å². The molecule has 2 aromatic rings. The SMILES string of the molecule is O=C(CCC(=O)N1CCCCC(c2ccc(F)cc2)C1)c1ccccc1. The van der Waals surface area contributed by atoms with Crippen molar-refractivity contribution in [2.45, 2.75) is 38.0 Å². The molecule has 1 amide bonds. The van der Waals surface area contributed by atoms with Gasteiger partial charge < -0.3 is 4.90 Å². The number of ketones is 1. The van der Waals surface area contributed by atoms with Crippen LogP contribution in [0.25, 0.3) is 0 Å². The topological polar surface area (TPSA) is 37.4 Å². The fraction of sp³-hybridized carbons (Fsp3) is 0.364. The number of amides is 1. The Morgan fingerprint density at radius 3 is 2.42 bits per heavy atom. The fourth-order valence-electron chi connectivity index (χ4n) is 3.52. The molecule has 1 heterocycles. The predicted molar refractivity (Wildman–Crippen MR) is 99.6 cm³/mol. The van der Waals surface area contributed by atoms with E-state index in [1.54, 1.807) is 12.1 Å². The molecular formula is C22H24FNO2. The summed E-state index contributed by atoms with van der Waals surface area (Å²) in [5, 5.41) is 0. The summed E-state index contributed by atoms with van der Waals surface area (Å²) in [6.07, 6.45) is 3.49. The lowest BCUT2D eigenvalue weighted by Crippen LogP contribution is -2.34. The van der Waals surface area contributed by atoms with Crippen LogP contribution in [-0.2, 0) is 4.79 Å². The molecule has 1 saturated heterocycles. The van der Waals surface area contributed by atoms with Gasteiger partial charge in [-0.3, -0.25) is 9.59 Å². The van der Waals surface area contributed by atoms with Gasteiger partial charge in [0.25, 0.3) is 0 Å². The van der Waals surface area contributed by atoms with Crippen LogP contribution in [0, 0.1) is 5.82 Å². The number of nitrogens with zero attached hydrogens (tertiary/aromatic N) is 1. The summed E-state index contributed by atoms with van der Waals surface area (Å²) >= 11 is 0. The van der Waals surface area contributed by atoms with Gasteiger partial charge in [-0.05, 0) is 30.5 Å². The average Bonchev–Trinajstić information content (AvgIpc) is 2.93. The summed E-state index contributed by atoms with van der Waals surface area (Å²) in [6.45, 7) is 1.38. The molecule has 0 saturated carbocycles. The molecule has 2 aromatic carbocycles. The number of hydrogen-bond acceptors (Lipinski definition) is 2. The van der Waals surface area contributed by atoms with Gasteiger partial charge in [-0.25, -0.2) is 4.39 Å². The Morgan fingerprint density at radius 1 is 0.962 bits per heavy atom. The highest BCUT2D eigenvalue weighted by Gasteiger charge is 2.23. The second kappa shape index (κ2) is 8.75. The van der Waals surface area contributed by atoms with Crippen molar-refractivity contribution in [3.05, 3.63) is 71.5 Å². The highest BCUT2D eigenvalue weighted by molar-refractivity contribution is 5.97. The maximum atomic E-state index is 13.2. The van der Waals surface area contributed by atoms with Crippen LogP contribution in [0.1, 0.15) is 53.9 Å². The molecule has 4 heteroatoms. The van der Waals surface area contributed by atoms with E-state index in [4.69, 9.17) is 0 Å². The summed E-state index contributed by atoms with van der Waals surface area (Å²) in [5.41, 5.74) is 1.73. The van der Waals surface area contributed by atoms with Gasteiger partial charge in [0.1, 0.15) is 5.82 Å². The van der Waals surface area contributed by atoms with Crippen LogP contribution >= 0.6 is 0 Å². The number of benzene rings is 2. The van der Waals surface area contributed by atoms with E-state index in [1.165, 1.54) is 12.1 Å². The smallest absolute Gasteiger partial charge is 0.223 e. The first-order valence-corrected chi connectivity index (χ1v) is 9.25. The third kappa shape index (κ3) is 4.78. The molecule has 1 fully saturated rings. The van der Waals surface area contributed by atoms with Crippen molar-refractivity contribution >= 4 is 11.7 Å². The lowest BCUT2D eigenvalue weighted by Gasteiger charge is -2.25. The van der Waals surface area contributed by atoms with Gasteiger partial charge in [0.05, 0.1) is 0 Å². The van der Waals surface area contributed by atoms with Gasteiger partial charge >= 0.3 is 0 Å². The zero-order chi connectivity index (χ0) is 18.4. The third-order valence-electron chi connectivity index (χ3n) is 5.03. The van der Waals surface area contributed by atoms with E-state index in [2.05, 4.69) is 0 Å².